The Morgan fingerprint density at radius 1 is 1.05 bits per heavy atom. The number of carbonyl (C=O) groups is 2. The van der Waals surface area contributed by atoms with Crippen LogP contribution in [0.3, 0.4) is 0 Å². The molecule has 1 saturated heterocycles. The molecule has 1 aliphatic rings. The van der Waals surface area contributed by atoms with Crippen LogP contribution in [0.15, 0.2) is 84.6 Å². The average Bonchev–Trinajstić information content (AvgIpc) is 3.45. The van der Waals surface area contributed by atoms with Gasteiger partial charge < -0.3 is 19.7 Å². The number of fused-ring (bicyclic) bond motifs is 1. The number of aliphatic hydroxyl groups is 1. The maximum absolute atomic E-state index is 13.2. The van der Waals surface area contributed by atoms with Crippen molar-refractivity contribution in [3.8, 4) is 5.75 Å². The molecule has 1 aromatic heterocycles. The molecule has 0 saturated carbocycles. The molecule has 9 nitrogen and oxygen atoms in total. The van der Waals surface area contributed by atoms with Gasteiger partial charge in [-0.25, -0.2) is 0 Å². The van der Waals surface area contributed by atoms with Crippen molar-refractivity contribution in [1.82, 2.24) is 9.88 Å². The Morgan fingerprint density at radius 2 is 1.76 bits per heavy atom. The van der Waals surface area contributed by atoms with E-state index in [0.29, 0.717) is 23.3 Å². The molecule has 5 rings (SSSR count). The molecular weight excluding hydrogens is 474 g/mol. The Balaban J connectivity index is 1.56. The van der Waals surface area contributed by atoms with Crippen LogP contribution in [0.1, 0.15) is 22.7 Å². The van der Waals surface area contributed by atoms with E-state index in [9.17, 15) is 24.8 Å². The molecule has 0 spiro atoms. The van der Waals surface area contributed by atoms with Gasteiger partial charge in [0.2, 0.25) is 0 Å². The Kier molecular flexibility index (Phi) is 6.19. The topological polar surface area (TPSA) is 126 Å². The number of H-pyrrole nitrogens is 1. The Bertz CT molecular complexity index is 1540. The van der Waals surface area contributed by atoms with Crippen molar-refractivity contribution in [1.29, 1.82) is 0 Å². The van der Waals surface area contributed by atoms with Crippen LogP contribution >= 0.6 is 0 Å². The molecule has 0 radical (unpaired) electrons. The van der Waals surface area contributed by atoms with Crippen LogP contribution < -0.4 is 4.74 Å². The van der Waals surface area contributed by atoms with Gasteiger partial charge in [-0.2, -0.15) is 0 Å². The average molecular weight is 498 g/mol. The third-order valence-electron chi connectivity index (χ3n) is 6.62. The number of nitro groups is 1. The number of ether oxygens (including phenoxy) is 1. The quantitative estimate of drug-likeness (QED) is 0.125. The van der Waals surface area contributed by atoms with Gasteiger partial charge in [0.05, 0.1) is 23.6 Å². The zero-order valence-electron chi connectivity index (χ0n) is 19.9. The number of amides is 1. The molecule has 2 heterocycles. The van der Waals surface area contributed by atoms with E-state index in [4.69, 9.17) is 4.74 Å². The van der Waals surface area contributed by atoms with Gasteiger partial charge in [0.25, 0.3) is 17.4 Å². The van der Waals surface area contributed by atoms with Gasteiger partial charge in [-0.3, -0.25) is 19.7 Å². The van der Waals surface area contributed by atoms with Gasteiger partial charge in [0.15, 0.2) is 0 Å². The van der Waals surface area contributed by atoms with Gasteiger partial charge in [-0.15, -0.1) is 0 Å². The summed E-state index contributed by atoms with van der Waals surface area (Å²) in [5.74, 6) is -1.30. The number of hydrogen-bond donors (Lipinski definition) is 2. The lowest BCUT2D eigenvalue weighted by Crippen LogP contribution is -2.31. The Labute approximate surface area is 211 Å². The summed E-state index contributed by atoms with van der Waals surface area (Å²) in [6.07, 6.45) is 2.34. The number of rotatable bonds is 7. The number of hydrogen-bond acceptors (Lipinski definition) is 6. The summed E-state index contributed by atoms with van der Waals surface area (Å²) in [5.41, 5.74) is 2.60. The summed E-state index contributed by atoms with van der Waals surface area (Å²) in [5, 5.41) is 23.4. The molecule has 1 atom stereocenters. The molecule has 9 heteroatoms. The lowest BCUT2D eigenvalue weighted by molar-refractivity contribution is -0.384. The number of aliphatic hydroxyl groups excluding tert-OH is 1. The second-order valence-corrected chi connectivity index (χ2v) is 8.68. The smallest absolute Gasteiger partial charge is 0.295 e. The molecule has 0 bridgehead atoms. The highest BCUT2D eigenvalue weighted by Gasteiger charge is 2.46. The molecule has 0 aliphatic carbocycles. The fraction of sp³-hybridized carbons (Fsp3) is 0.143. The number of nitrogens with zero attached hydrogens (tertiary/aromatic N) is 2. The number of methoxy groups -OCH3 is 1. The molecule has 2 N–H and O–H groups in total. The van der Waals surface area contributed by atoms with Crippen LogP contribution in [0.5, 0.6) is 5.75 Å². The van der Waals surface area contributed by atoms with Crippen molar-refractivity contribution < 1.29 is 24.4 Å². The van der Waals surface area contributed by atoms with Gasteiger partial charge in [0, 0.05) is 41.3 Å². The SMILES string of the molecule is COc1ccc(/C(O)=C2/C(=O)C(=O)N(CCc3c[nH]c4ccccc34)C2c2ccc([N+](=O)[O-])cc2)cc1. The minimum atomic E-state index is -0.909. The van der Waals surface area contributed by atoms with Crippen LogP contribution in [0, 0.1) is 10.1 Å². The number of aromatic nitrogens is 1. The van der Waals surface area contributed by atoms with E-state index in [1.54, 1.807) is 24.3 Å². The first kappa shape index (κ1) is 23.8. The number of carbonyl (C=O) groups excluding carboxylic acids is 2. The van der Waals surface area contributed by atoms with E-state index >= 15 is 0 Å². The second-order valence-electron chi connectivity index (χ2n) is 8.68. The molecule has 37 heavy (non-hydrogen) atoms. The molecule has 1 amide bonds. The fourth-order valence-corrected chi connectivity index (χ4v) is 4.72. The minimum Gasteiger partial charge on any atom is -0.507 e. The van der Waals surface area contributed by atoms with Gasteiger partial charge in [-0.1, -0.05) is 18.2 Å². The van der Waals surface area contributed by atoms with Crippen molar-refractivity contribution in [2.24, 2.45) is 0 Å². The predicted molar refractivity (Wildman–Crippen MR) is 137 cm³/mol. The van der Waals surface area contributed by atoms with E-state index in [1.165, 1.54) is 36.3 Å². The number of para-hydroxylation sites is 1. The van der Waals surface area contributed by atoms with E-state index in [-0.39, 0.29) is 23.6 Å². The number of nitro benzene ring substituents is 1. The van der Waals surface area contributed by atoms with Crippen LogP contribution in [0.4, 0.5) is 5.69 Å². The van der Waals surface area contributed by atoms with E-state index in [1.807, 2.05) is 30.5 Å². The molecule has 1 unspecified atom stereocenters. The van der Waals surface area contributed by atoms with Gasteiger partial charge >= 0.3 is 0 Å². The molecule has 1 aliphatic heterocycles. The van der Waals surface area contributed by atoms with Crippen molar-refractivity contribution in [2.45, 2.75) is 12.5 Å². The second kappa shape index (κ2) is 9.62. The maximum Gasteiger partial charge on any atom is 0.295 e. The highest BCUT2D eigenvalue weighted by molar-refractivity contribution is 6.46. The van der Waals surface area contributed by atoms with E-state index < -0.39 is 22.7 Å². The van der Waals surface area contributed by atoms with Crippen LogP contribution in [0.2, 0.25) is 0 Å². The van der Waals surface area contributed by atoms with Crippen molar-refractivity contribution in [2.75, 3.05) is 13.7 Å². The first-order chi connectivity index (χ1) is 17.9. The van der Waals surface area contributed by atoms with Gasteiger partial charge in [0.1, 0.15) is 11.5 Å². The van der Waals surface area contributed by atoms with Crippen LogP contribution in [-0.2, 0) is 16.0 Å². The summed E-state index contributed by atoms with van der Waals surface area (Å²) in [6, 6.07) is 19.0. The van der Waals surface area contributed by atoms with Crippen molar-refractivity contribution in [3.63, 3.8) is 0 Å². The number of benzene rings is 3. The summed E-state index contributed by atoms with van der Waals surface area (Å²) in [4.78, 5) is 41.7. The van der Waals surface area contributed by atoms with Crippen LogP contribution in [0.25, 0.3) is 16.7 Å². The summed E-state index contributed by atoms with van der Waals surface area (Å²) in [6.45, 7) is 0.202. The zero-order valence-corrected chi connectivity index (χ0v) is 19.9. The summed E-state index contributed by atoms with van der Waals surface area (Å²) < 4.78 is 5.16. The summed E-state index contributed by atoms with van der Waals surface area (Å²) in [7, 11) is 1.52. The lowest BCUT2D eigenvalue weighted by atomic mass is 9.95. The van der Waals surface area contributed by atoms with E-state index in [0.717, 1.165) is 16.5 Å². The zero-order chi connectivity index (χ0) is 26.1. The first-order valence-corrected chi connectivity index (χ1v) is 11.6. The lowest BCUT2D eigenvalue weighted by Gasteiger charge is -2.25. The summed E-state index contributed by atoms with van der Waals surface area (Å²) >= 11 is 0. The van der Waals surface area contributed by atoms with Crippen LogP contribution in [-0.4, -0.2) is 45.3 Å². The number of nitrogens with one attached hydrogen (secondary N) is 1. The van der Waals surface area contributed by atoms with Crippen molar-refractivity contribution >= 4 is 34.0 Å². The predicted octanol–water partition coefficient (Wildman–Crippen LogP) is 4.75. The normalized spacial score (nSPS) is 16.9. The molecule has 4 aromatic rings. The highest BCUT2D eigenvalue weighted by atomic mass is 16.6. The van der Waals surface area contributed by atoms with E-state index in [2.05, 4.69) is 4.98 Å². The fourth-order valence-electron chi connectivity index (χ4n) is 4.72. The van der Waals surface area contributed by atoms with Crippen molar-refractivity contribution in [3.05, 3.63) is 111 Å². The number of ketones is 1. The molecule has 1 fully saturated rings. The third kappa shape index (κ3) is 4.31. The standard InChI is InChI=1S/C28H23N3O6/c1-37-21-12-8-18(9-13-21)26(32)24-25(17-6-10-20(11-7-17)31(35)36)30(28(34)27(24)33)15-14-19-16-29-23-5-3-2-4-22(19)23/h2-13,16,25,29,32H,14-15H2,1H3/b26-24-. The highest BCUT2D eigenvalue weighted by Crippen LogP contribution is 2.40. The number of aromatic amines is 1. The minimum absolute atomic E-state index is 0.0667. The third-order valence-corrected chi connectivity index (χ3v) is 6.62. The number of likely N-dealkylation sites (tertiary alicyclic amines) is 1. The molecular formula is C28H23N3O6. The Hall–Kier alpha value is -4.92. The van der Waals surface area contributed by atoms with Gasteiger partial charge in [-0.05, 0) is 60.0 Å². The Morgan fingerprint density at radius 3 is 2.43 bits per heavy atom. The first-order valence-electron chi connectivity index (χ1n) is 11.6. The number of non-ortho nitro benzene ring substituents is 1. The molecule has 186 valence electrons. The molecule has 3 aromatic carbocycles. The number of Topliss-reactive ketones (excluding diaryl/α,β-unsaturated/α-hetero) is 1. The maximum atomic E-state index is 13.2. The largest absolute Gasteiger partial charge is 0.507 e. The monoisotopic (exact) mass is 497 g/mol.